The Kier molecular flexibility index (Phi) is 3.47. The Labute approximate surface area is 105 Å². The van der Waals surface area contributed by atoms with Gasteiger partial charge in [0, 0.05) is 0 Å². The topological polar surface area (TPSA) is 66.2 Å². The molecular formula is C10H8F2N4OS. The highest BCUT2D eigenvalue weighted by molar-refractivity contribution is 7.71. The van der Waals surface area contributed by atoms with Crippen molar-refractivity contribution >= 4 is 18.4 Å². The first-order valence-electron chi connectivity index (χ1n) is 4.87. The third-order valence-electron chi connectivity index (χ3n) is 2.09. The van der Waals surface area contributed by atoms with E-state index < -0.39 is 12.2 Å². The Balaban J connectivity index is 2.31. The van der Waals surface area contributed by atoms with Crippen LogP contribution in [0, 0.1) is 4.77 Å². The lowest BCUT2D eigenvalue weighted by molar-refractivity contribution is 0.136. The van der Waals surface area contributed by atoms with E-state index in [1.807, 2.05) is 0 Å². The summed E-state index contributed by atoms with van der Waals surface area (Å²) in [5.41, 5.74) is 0.635. The summed E-state index contributed by atoms with van der Waals surface area (Å²) in [5, 5.41) is 18.5. The number of aromatic nitrogens is 3. The molecule has 2 N–H and O–H groups in total. The largest absolute Gasteiger partial charge is 0.508 e. The smallest absolute Gasteiger partial charge is 0.299 e. The maximum absolute atomic E-state index is 12.6. The fourth-order valence-electron chi connectivity index (χ4n) is 1.24. The molecule has 0 saturated carbocycles. The molecule has 0 amide bonds. The van der Waals surface area contributed by atoms with Gasteiger partial charge in [0.15, 0.2) is 0 Å². The first-order valence-corrected chi connectivity index (χ1v) is 5.27. The third-order valence-corrected chi connectivity index (χ3v) is 2.35. The highest BCUT2D eigenvalue weighted by Gasteiger charge is 2.15. The number of aromatic amines is 1. The van der Waals surface area contributed by atoms with Crippen molar-refractivity contribution in [1.29, 1.82) is 0 Å². The lowest BCUT2D eigenvalue weighted by Gasteiger charge is -1.98. The number of rotatable bonds is 3. The van der Waals surface area contributed by atoms with Crippen LogP contribution in [0.1, 0.15) is 17.8 Å². The SMILES string of the molecule is Oc1ccc(/C=N/n2c(C(F)F)n[nH]c2=S)cc1. The number of alkyl halides is 2. The average Bonchev–Trinajstić information content (AvgIpc) is 2.70. The zero-order valence-corrected chi connectivity index (χ0v) is 9.73. The number of phenolic OH excluding ortho intramolecular Hbond substituents is 1. The van der Waals surface area contributed by atoms with Crippen LogP contribution in [-0.2, 0) is 0 Å². The Morgan fingerprint density at radius 3 is 2.67 bits per heavy atom. The Morgan fingerprint density at radius 2 is 2.06 bits per heavy atom. The number of hydrogen-bond donors (Lipinski definition) is 2. The molecule has 0 aliphatic carbocycles. The zero-order chi connectivity index (χ0) is 13.1. The molecule has 0 aliphatic heterocycles. The molecule has 0 aliphatic rings. The summed E-state index contributed by atoms with van der Waals surface area (Å²) >= 11 is 4.79. The number of benzene rings is 1. The molecule has 0 spiro atoms. The van der Waals surface area contributed by atoms with Crippen molar-refractivity contribution in [1.82, 2.24) is 14.9 Å². The van der Waals surface area contributed by atoms with Crippen molar-refractivity contribution in [2.45, 2.75) is 6.43 Å². The van der Waals surface area contributed by atoms with E-state index in [4.69, 9.17) is 17.3 Å². The molecule has 1 aromatic heterocycles. The predicted octanol–water partition coefficient (Wildman–Crippen LogP) is 2.47. The van der Waals surface area contributed by atoms with Gasteiger partial charge in [-0.15, -0.1) is 0 Å². The van der Waals surface area contributed by atoms with E-state index in [1.165, 1.54) is 18.3 Å². The highest BCUT2D eigenvalue weighted by atomic mass is 32.1. The van der Waals surface area contributed by atoms with E-state index in [2.05, 4.69) is 15.3 Å². The minimum absolute atomic E-state index is 0.0136. The summed E-state index contributed by atoms with van der Waals surface area (Å²) in [5.74, 6) is -0.435. The second-order valence-electron chi connectivity index (χ2n) is 3.34. The molecule has 0 unspecified atom stereocenters. The van der Waals surface area contributed by atoms with E-state index in [0.717, 1.165) is 4.68 Å². The first kappa shape index (κ1) is 12.4. The van der Waals surface area contributed by atoms with Gasteiger partial charge in [0.1, 0.15) is 5.75 Å². The molecule has 2 aromatic rings. The maximum atomic E-state index is 12.6. The minimum atomic E-state index is -2.77. The van der Waals surface area contributed by atoms with Crippen LogP contribution in [0.15, 0.2) is 29.4 Å². The van der Waals surface area contributed by atoms with Gasteiger partial charge in [-0.1, -0.05) is 0 Å². The Morgan fingerprint density at radius 1 is 1.39 bits per heavy atom. The van der Waals surface area contributed by atoms with Crippen LogP contribution < -0.4 is 0 Å². The number of H-pyrrole nitrogens is 1. The second kappa shape index (κ2) is 5.05. The molecule has 94 valence electrons. The summed E-state index contributed by atoms with van der Waals surface area (Å²) in [7, 11) is 0. The summed E-state index contributed by atoms with van der Waals surface area (Å²) in [6.45, 7) is 0. The van der Waals surface area contributed by atoms with Gasteiger partial charge in [0.2, 0.25) is 10.6 Å². The Hall–Kier alpha value is -2.09. The van der Waals surface area contributed by atoms with E-state index in [9.17, 15) is 8.78 Å². The number of nitrogens with one attached hydrogen (secondary N) is 1. The van der Waals surface area contributed by atoms with Crippen LogP contribution in [0.5, 0.6) is 5.75 Å². The quantitative estimate of drug-likeness (QED) is 0.665. The average molecular weight is 270 g/mol. The van der Waals surface area contributed by atoms with Crippen molar-refractivity contribution < 1.29 is 13.9 Å². The predicted molar refractivity (Wildman–Crippen MR) is 63.5 cm³/mol. The number of nitrogens with zero attached hydrogens (tertiary/aromatic N) is 3. The van der Waals surface area contributed by atoms with Crippen LogP contribution >= 0.6 is 12.2 Å². The maximum Gasteiger partial charge on any atom is 0.299 e. The number of hydrogen-bond acceptors (Lipinski definition) is 4. The molecular weight excluding hydrogens is 262 g/mol. The molecule has 1 aromatic carbocycles. The number of halogens is 2. The summed E-state index contributed by atoms with van der Waals surface area (Å²) < 4.78 is 26.0. The summed E-state index contributed by atoms with van der Waals surface area (Å²) in [6, 6.07) is 6.10. The van der Waals surface area contributed by atoms with Gasteiger partial charge in [-0.2, -0.15) is 14.9 Å². The van der Waals surface area contributed by atoms with Crippen LogP contribution in [0.4, 0.5) is 8.78 Å². The van der Waals surface area contributed by atoms with E-state index >= 15 is 0 Å². The van der Waals surface area contributed by atoms with Crippen LogP contribution in [0.2, 0.25) is 0 Å². The van der Waals surface area contributed by atoms with Crippen LogP contribution in [0.25, 0.3) is 0 Å². The summed E-state index contributed by atoms with van der Waals surface area (Å²) in [6.07, 6.45) is -1.42. The fourth-order valence-corrected chi connectivity index (χ4v) is 1.43. The van der Waals surface area contributed by atoms with Gasteiger partial charge >= 0.3 is 0 Å². The first-order chi connectivity index (χ1) is 8.58. The van der Waals surface area contributed by atoms with Crippen molar-refractivity contribution in [3.05, 3.63) is 40.4 Å². The van der Waals surface area contributed by atoms with Crippen LogP contribution in [0.3, 0.4) is 0 Å². The fraction of sp³-hybridized carbons (Fsp3) is 0.100. The van der Waals surface area contributed by atoms with Crippen molar-refractivity contribution in [3.8, 4) is 5.75 Å². The molecule has 0 bridgehead atoms. The second-order valence-corrected chi connectivity index (χ2v) is 3.72. The van der Waals surface area contributed by atoms with Gasteiger partial charge in [-0.3, -0.25) is 0 Å². The molecule has 5 nitrogen and oxygen atoms in total. The third kappa shape index (κ3) is 2.59. The zero-order valence-electron chi connectivity index (χ0n) is 8.92. The van der Waals surface area contributed by atoms with Gasteiger partial charge in [0.05, 0.1) is 6.21 Å². The van der Waals surface area contributed by atoms with Crippen LogP contribution in [-0.4, -0.2) is 26.2 Å². The van der Waals surface area contributed by atoms with Gasteiger partial charge < -0.3 is 5.11 Å². The lowest BCUT2D eigenvalue weighted by atomic mass is 10.2. The van der Waals surface area contributed by atoms with E-state index in [1.54, 1.807) is 12.1 Å². The number of phenols is 1. The molecule has 18 heavy (non-hydrogen) atoms. The van der Waals surface area contributed by atoms with Crippen molar-refractivity contribution in [2.24, 2.45) is 5.10 Å². The van der Waals surface area contributed by atoms with E-state index in [-0.39, 0.29) is 10.5 Å². The molecule has 0 saturated heterocycles. The number of aromatic hydroxyl groups is 1. The van der Waals surface area contributed by atoms with Crippen molar-refractivity contribution in [2.75, 3.05) is 0 Å². The Bertz CT molecular complexity index is 618. The summed E-state index contributed by atoms with van der Waals surface area (Å²) in [4.78, 5) is 0. The van der Waals surface area contributed by atoms with Gasteiger partial charge in [-0.05, 0) is 42.0 Å². The molecule has 0 fully saturated rings. The standard InChI is InChI=1S/C10H8F2N4OS/c11-8(12)9-14-15-10(18)16(9)13-5-6-1-3-7(17)4-2-6/h1-5,8,17H,(H,15,18)/b13-5+. The molecule has 0 radical (unpaired) electrons. The monoisotopic (exact) mass is 270 g/mol. The molecule has 1 heterocycles. The normalized spacial score (nSPS) is 11.5. The highest BCUT2D eigenvalue weighted by Crippen LogP contribution is 2.16. The van der Waals surface area contributed by atoms with Gasteiger partial charge in [-0.25, -0.2) is 13.9 Å². The van der Waals surface area contributed by atoms with Crippen molar-refractivity contribution in [3.63, 3.8) is 0 Å². The molecule has 8 heteroatoms. The minimum Gasteiger partial charge on any atom is -0.508 e. The van der Waals surface area contributed by atoms with E-state index in [0.29, 0.717) is 5.56 Å². The van der Waals surface area contributed by atoms with Gasteiger partial charge in [0.25, 0.3) is 6.43 Å². The lowest BCUT2D eigenvalue weighted by Crippen LogP contribution is -1.99. The molecule has 2 rings (SSSR count). The molecule has 0 atom stereocenters.